The molecule has 94 valence electrons. The van der Waals surface area contributed by atoms with Crippen LogP contribution in [0.4, 0.5) is 6.01 Å². The van der Waals surface area contributed by atoms with Crippen LogP contribution in [0.5, 0.6) is 0 Å². The average Bonchev–Trinajstić information content (AvgIpc) is 2.75. The molecule has 1 saturated heterocycles. The Labute approximate surface area is 100 Å². The molecular formula is C11H18N4O2. The van der Waals surface area contributed by atoms with Crippen molar-refractivity contribution in [2.24, 2.45) is 0 Å². The summed E-state index contributed by atoms with van der Waals surface area (Å²) in [5.41, 5.74) is 0. The number of hydrogen-bond acceptors (Lipinski definition) is 5. The predicted octanol–water partition coefficient (Wildman–Crippen LogP) is 1.19. The second-order valence-corrected chi connectivity index (χ2v) is 4.40. The van der Waals surface area contributed by atoms with Gasteiger partial charge in [-0.15, -0.1) is 0 Å². The first-order chi connectivity index (χ1) is 8.16. The Kier molecular flexibility index (Phi) is 3.61. The van der Waals surface area contributed by atoms with Crippen molar-refractivity contribution < 1.29 is 9.32 Å². The number of piperidine rings is 1. The summed E-state index contributed by atoms with van der Waals surface area (Å²) in [6, 6.07) is -0.0201. The maximum Gasteiger partial charge on any atom is 0.322 e. The van der Waals surface area contributed by atoms with Gasteiger partial charge in [0.15, 0.2) is 5.82 Å². The van der Waals surface area contributed by atoms with Crippen LogP contribution in [0.2, 0.25) is 0 Å². The van der Waals surface area contributed by atoms with E-state index in [1.807, 2.05) is 11.8 Å². The Morgan fingerprint density at radius 1 is 1.41 bits per heavy atom. The highest BCUT2D eigenvalue weighted by molar-refractivity contribution is 5.83. The molecule has 0 bridgehead atoms. The summed E-state index contributed by atoms with van der Waals surface area (Å²) in [6.07, 6.45) is 3.41. The molecule has 2 rings (SSSR count). The van der Waals surface area contributed by atoms with Crippen molar-refractivity contribution in [2.45, 2.75) is 39.2 Å². The topological polar surface area (TPSA) is 71.3 Å². The van der Waals surface area contributed by atoms with E-state index in [9.17, 15) is 4.79 Å². The largest absolute Gasteiger partial charge is 0.341 e. The summed E-state index contributed by atoms with van der Waals surface area (Å²) in [5.74, 6) is 0.658. The second kappa shape index (κ2) is 5.16. The molecule has 1 aromatic rings. The smallest absolute Gasteiger partial charge is 0.322 e. The van der Waals surface area contributed by atoms with E-state index in [0.29, 0.717) is 11.8 Å². The maximum absolute atomic E-state index is 12.1. The highest BCUT2D eigenvalue weighted by Crippen LogP contribution is 2.12. The van der Waals surface area contributed by atoms with Crippen molar-refractivity contribution in [3.63, 3.8) is 0 Å². The van der Waals surface area contributed by atoms with Crippen LogP contribution < -0.4 is 5.32 Å². The lowest BCUT2D eigenvalue weighted by Crippen LogP contribution is -2.43. The number of carbonyl (C=O) groups excluding carboxylic acids is 1. The molecule has 1 aromatic heterocycles. The Bertz CT molecular complexity index is 385. The summed E-state index contributed by atoms with van der Waals surface area (Å²) in [7, 11) is 0. The van der Waals surface area contributed by atoms with Crippen molar-refractivity contribution in [2.75, 3.05) is 18.4 Å². The minimum atomic E-state index is -0.326. The van der Waals surface area contributed by atoms with E-state index in [1.54, 1.807) is 6.92 Å². The molecule has 6 heteroatoms. The van der Waals surface area contributed by atoms with Gasteiger partial charge >= 0.3 is 6.01 Å². The third-order valence-electron chi connectivity index (χ3n) is 2.91. The Balaban J connectivity index is 1.90. The number of anilines is 1. The highest BCUT2D eigenvalue weighted by atomic mass is 16.5. The van der Waals surface area contributed by atoms with E-state index in [-0.39, 0.29) is 11.9 Å². The van der Waals surface area contributed by atoms with Crippen molar-refractivity contribution in [1.82, 2.24) is 15.0 Å². The first kappa shape index (κ1) is 11.9. The molecule has 1 amide bonds. The van der Waals surface area contributed by atoms with E-state index in [2.05, 4.69) is 15.5 Å². The van der Waals surface area contributed by atoms with Crippen LogP contribution in [0.15, 0.2) is 4.52 Å². The third-order valence-corrected chi connectivity index (χ3v) is 2.91. The van der Waals surface area contributed by atoms with E-state index >= 15 is 0 Å². The SMILES string of the molecule is Cc1noc(NC(C)C(=O)N2CCCCC2)n1. The second-order valence-electron chi connectivity index (χ2n) is 4.40. The molecule has 0 saturated carbocycles. The fourth-order valence-corrected chi connectivity index (χ4v) is 1.99. The number of carbonyl (C=O) groups is 1. The molecule has 1 unspecified atom stereocenters. The summed E-state index contributed by atoms with van der Waals surface area (Å²) < 4.78 is 4.93. The van der Waals surface area contributed by atoms with E-state index in [1.165, 1.54) is 6.42 Å². The van der Waals surface area contributed by atoms with Crippen LogP contribution in [0, 0.1) is 6.92 Å². The number of aromatic nitrogens is 2. The van der Waals surface area contributed by atoms with Crippen molar-refractivity contribution in [3.8, 4) is 0 Å². The number of amides is 1. The number of likely N-dealkylation sites (tertiary alicyclic amines) is 1. The standard InChI is InChI=1S/C11H18N4O2/c1-8(12-11-13-9(2)14-17-11)10(16)15-6-4-3-5-7-15/h8H,3-7H2,1-2H3,(H,12,13,14). The summed E-state index contributed by atoms with van der Waals surface area (Å²) in [6.45, 7) is 5.27. The molecule has 6 nitrogen and oxygen atoms in total. The Morgan fingerprint density at radius 2 is 2.12 bits per heavy atom. The van der Waals surface area contributed by atoms with Gasteiger partial charge in [0.1, 0.15) is 6.04 Å². The zero-order valence-corrected chi connectivity index (χ0v) is 10.3. The number of rotatable bonds is 3. The van der Waals surface area contributed by atoms with Crippen LogP contribution in [0.25, 0.3) is 0 Å². The molecule has 0 spiro atoms. The number of aryl methyl sites for hydroxylation is 1. The minimum absolute atomic E-state index is 0.0977. The van der Waals surface area contributed by atoms with E-state index in [4.69, 9.17) is 4.52 Å². The van der Waals surface area contributed by atoms with Gasteiger partial charge in [0, 0.05) is 13.1 Å². The first-order valence-corrected chi connectivity index (χ1v) is 6.02. The molecule has 0 aromatic carbocycles. The molecule has 0 radical (unpaired) electrons. The van der Waals surface area contributed by atoms with Gasteiger partial charge < -0.3 is 14.7 Å². The van der Waals surface area contributed by atoms with Gasteiger partial charge in [-0.25, -0.2) is 0 Å². The molecule has 1 aliphatic heterocycles. The molecule has 1 N–H and O–H groups in total. The summed E-state index contributed by atoms with van der Waals surface area (Å²) in [4.78, 5) is 18.0. The van der Waals surface area contributed by atoms with Crippen molar-refractivity contribution in [3.05, 3.63) is 5.82 Å². The monoisotopic (exact) mass is 238 g/mol. The van der Waals surface area contributed by atoms with Gasteiger partial charge in [0.2, 0.25) is 5.91 Å². The van der Waals surface area contributed by atoms with Crippen LogP contribution in [0.1, 0.15) is 32.0 Å². The summed E-state index contributed by atoms with van der Waals surface area (Å²) in [5, 5.41) is 6.60. The van der Waals surface area contributed by atoms with Crippen molar-refractivity contribution >= 4 is 11.9 Å². The molecule has 1 fully saturated rings. The minimum Gasteiger partial charge on any atom is -0.341 e. The quantitative estimate of drug-likeness (QED) is 0.856. The fourth-order valence-electron chi connectivity index (χ4n) is 1.99. The molecule has 0 aliphatic carbocycles. The lowest BCUT2D eigenvalue weighted by Gasteiger charge is -2.29. The van der Waals surface area contributed by atoms with Gasteiger partial charge in [0.25, 0.3) is 0 Å². The van der Waals surface area contributed by atoms with Gasteiger partial charge in [-0.2, -0.15) is 4.98 Å². The number of hydrogen-bond donors (Lipinski definition) is 1. The predicted molar refractivity (Wildman–Crippen MR) is 62.6 cm³/mol. The first-order valence-electron chi connectivity index (χ1n) is 6.02. The lowest BCUT2D eigenvalue weighted by molar-refractivity contribution is -0.132. The van der Waals surface area contributed by atoms with Crippen LogP contribution in [0.3, 0.4) is 0 Å². The molecule has 1 atom stereocenters. The van der Waals surface area contributed by atoms with Crippen molar-refractivity contribution in [1.29, 1.82) is 0 Å². The van der Waals surface area contributed by atoms with Crippen LogP contribution in [-0.2, 0) is 4.79 Å². The van der Waals surface area contributed by atoms with Crippen LogP contribution in [-0.4, -0.2) is 40.1 Å². The normalized spacial score (nSPS) is 17.9. The van der Waals surface area contributed by atoms with Gasteiger partial charge in [-0.3, -0.25) is 4.79 Å². The number of nitrogens with zero attached hydrogens (tertiary/aromatic N) is 3. The lowest BCUT2D eigenvalue weighted by atomic mass is 10.1. The third kappa shape index (κ3) is 2.95. The zero-order chi connectivity index (χ0) is 12.3. The number of nitrogens with one attached hydrogen (secondary N) is 1. The van der Waals surface area contributed by atoms with E-state index in [0.717, 1.165) is 25.9 Å². The van der Waals surface area contributed by atoms with Gasteiger partial charge in [0.05, 0.1) is 0 Å². The van der Waals surface area contributed by atoms with E-state index < -0.39 is 0 Å². The highest BCUT2D eigenvalue weighted by Gasteiger charge is 2.23. The van der Waals surface area contributed by atoms with Crippen LogP contribution >= 0.6 is 0 Å². The van der Waals surface area contributed by atoms with Gasteiger partial charge in [-0.05, 0) is 33.1 Å². The molecule has 17 heavy (non-hydrogen) atoms. The van der Waals surface area contributed by atoms with Gasteiger partial charge in [-0.1, -0.05) is 5.16 Å². The Hall–Kier alpha value is -1.59. The Morgan fingerprint density at radius 3 is 2.71 bits per heavy atom. The summed E-state index contributed by atoms with van der Waals surface area (Å²) >= 11 is 0. The zero-order valence-electron chi connectivity index (χ0n) is 10.3. The molecule has 1 aliphatic rings. The fraction of sp³-hybridized carbons (Fsp3) is 0.727. The average molecular weight is 238 g/mol. The maximum atomic E-state index is 12.1. The molecular weight excluding hydrogens is 220 g/mol. The molecule has 2 heterocycles.